The van der Waals surface area contributed by atoms with Gasteiger partial charge in [0.2, 0.25) is 0 Å². The third-order valence-electron chi connectivity index (χ3n) is 2.25. The smallest absolute Gasteiger partial charge is 0.161 e. The maximum Gasteiger partial charge on any atom is 0.161 e. The van der Waals surface area contributed by atoms with Gasteiger partial charge in [0, 0.05) is 12.3 Å². The van der Waals surface area contributed by atoms with Crippen LogP contribution in [0.4, 0.5) is 0 Å². The van der Waals surface area contributed by atoms with E-state index < -0.39 is 21.6 Å². The largest absolute Gasteiger partial charge is 0.493 e. The van der Waals surface area contributed by atoms with E-state index in [2.05, 4.69) is 0 Å². The summed E-state index contributed by atoms with van der Waals surface area (Å²) < 4.78 is 41.1. The fourth-order valence-electron chi connectivity index (χ4n) is 1.51. The molecular formula is C12H19NO4S. The van der Waals surface area contributed by atoms with Gasteiger partial charge in [0.1, 0.15) is 9.84 Å². The zero-order chi connectivity index (χ0) is 14.7. The van der Waals surface area contributed by atoms with Gasteiger partial charge in [0.15, 0.2) is 11.5 Å². The maximum absolute atomic E-state index is 11.3. The highest BCUT2D eigenvalue weighted by Gasteiger charge is 2.15. The first kappa shape index (κ1) is 13.2. The molecule has 1 unspecified atom stereocenters. The molecule has 6 heteroatoms. The molecule has 102 valence electrons. The summed E-state index contributed by atoms with van der Waals surface area (Å²) in [4.78, 5) is 0. The van der Waals surface area contributed by atoms with E-state index in [1.54, 1.807) is 18.2 Å². The van der Waals surface area contributed by atoms with Crippen molar-refractivity contribution < 1.29 is 19.3 Å². The Morgan fingerprint density at radius 2 is 2.11 bits per heavy atom. The summed E-state index contributed by atoms with van der Waals surface area (Å²) in [5, 5.41) is 0. The van der Waals surface area contributed by atoms with Gasteiger partial charge in [-0.25, -0.2) is 8.42 Å². The summed E-state index contributed by atoms with van der Waals surface area (Å²) >= 11 is 0. The minimum absolute atomic E-state index is 0.363. The molecule has 0 bridgehead atoms. The summed E-state index contributed by atoms with van der Waals surface area (Å²) in [6.07, 6.45) is 1.05. The number of rotatable bonds is 6. The molecule has 0 saturated heterocycles. The number of sulfone groups is 1. The number of nitrogens with two attached hydrogens (primary N) is 1. The molecule has 0 amide bonds. The molecule has 0 aromatic heterocycles. The Morgan fingerprint density at radius 1 is 1.44 bits per heavy atom. The number of hydrogen-bond acceptors (Lipinski definition) is 5. The maximum atomic E-state index is 11.3. The Balaban J connectivity index is 3.16. The molecular weight excluding hydrogens is 254 g/mol. The molecule has 1 aromatic rings. The van der Waals surface area contributed by atoms with E-state index in [9.17, 15) is 8.42 Å². The molecule has 0 radical (unpaired) electrons. The molecule has 0 heterocycles. The summed E-state index contributed by atoms with van der Waals surface area (Å²) in [7, 11) is -1.85. The molecule has 1 aromatic carbocycles. The van der Waals surface area contributed by atoms with Crippen molar-refractivity contribution >= 4 is 9.84 Å². The van der Waals surface area contributed by atoms with Crippen LogP contribution in [0.1, 0.15) is 19.9 Å². The van der Waals surface area contributed by atoms with Gasteiger partial charge in [-0.15, -0.1) is 0 Å². The Morgan fingerprint density at radius 3 is 2.61 bits per heavy atom. The van der Waals surface area contributed by atoms with Crippen molar-refractivity contribution in [3.63, 3.8) is 0 Å². The molecule has 1 rings (SSSR count). The number of ether oxygens (including phenoxy) is 2. The van der Waals surface area contributed by atoms with Crippen molar-refractivity contribution in [3.05, 3.63) is 23.8 Å². The molecule has 0 aliphatic heterocycles. The van der Waals surface area contributed by atoms with Crippen LogP contribution in [-0.2, 0) is 9.84 Å². The van der Waals surface area contributed by atoms with Gasteiger partial charge in [-0.05, 0) is 24.6 Å². The zero-order valence-electron chi connectivity index (χ0n) is 11.8. The normalized spacial score (nSPS) is 15.7. The Hall–Kier alpha value is -1.27. The van der Waals surface area contributed by atoms with E-state index in [0.29, 0.717) is 23.7 Å². The van der Waals surface area contributed by atoms with Crippen LogP contribution in [0.3, 0.4) is 0 Å². The van der Waals surface area contributed by atoms with E-state index >= 15 is 0 Å². The lowest BCUT2D eigenvalue weighted by atomic mass is 10.1. The SMILES string of the molecule is [2H]C(N)(CS(C)(=O)=O)c1ccc(OC)c(OCC)c1. The van der Waals surface area contributed by atoms with E-state index in [-0.39, 0.29) is 0 Å². The van der Waals surface area contributed by atoms with Gasteiger partial charge in [0.25, 0.3) is 0 Å². The van der Waals surface area contributed by atoms with Crippen LogP contribution in [0.5, 0.6) is 11.5 Å². The van der Waals surface area contributed by atoms with Gasteiger partial charge < -0.3 is 15.2 Å². The highest BCUT2D eigenvalue weighted by atomic mass is 32.2. The first-order valence-electron chi connectivity index (χ1n) is 5.97. The Kier molecular flexibility index (Phi) is 4.43. The first-order chi connectivity index (χ1) is 8.69. The van der Waals surface area contributed by atoms with E-state index in [4.69, 9.17) is 16.6 Å². The second-order valence-corrected chi connectivity index (χ2v) is 6.03. The first-order valence-corrected chi connectivity index (χ1v) is 7.53. The van der Waals surface area contributed by atoms with E-state index in [1.165, 1.54) is 7.11 Å². The van der Waals surface area contributed by atoms with Crippen LogP contribution in [0.2, 0.25) is 0 Å². The molecule has 0 saturated carbocycles. The minimum atomic E-state index is -3.36. The summed E-state index contributed by atoms with van der Waals surface area (Å²) in [5.74, 6) is 0.497. The number of hydrogen-bond donors (Lipinski definition) is 1. The highest BCUT2D eigenvalue weighted by molar-refractivity contribution is 7.90. The Labute approximate surface area is 109 Å². The van der Waals surface area contributed by atoms with E-state index in [0.717, 1.165) is 6.26 Å². The van der Waals surface area contributed by atoms with Gasteiger partial charge in [-0.2, -0.15) is 0 Å². The summed E-state index contributed by atoms with van der Waals surface area (Å²) in [6, 6.07) is 3.00. The Bertz CT molecular complexity index is 543. The van der Waals surface area contributed by atoms with Gasteiger partial charge in [-0.1, -0.05) is 6.07 Å². The minimum Gasteiger partial charge on any atom is -0.493 e. The van der Waals surface area contributed by atoms with Gasteiger partial charge in [0.05, 0.1) is 20.8 Å². The predicted molar refractivity (Wildman–Crippen MR) is 70.8 cm³/mol. The standard InChI is InChI=1S/C12H19NO4S/c1-4-17-12-7-9(5-6-11(12)16-2)10(13)8-18(3,14)15/h5-7,10H,4,8,13H2,1-3H3/i10D. The van der Waals surface area contributed by atoms with Crippen molar-refractivity contribution in [3.8, 4) is 11.5 Å². The zero-order valence-corrected chi connectivity index (χ0v) is 11.6. The lowest BCUT2D eigenvalue weighted by molar-refractivity contribution is 0.310. The molecule has 5 nitrogen and oxygen atoms in total. The number of benzene rings is 1. The van der Waals surface area contributed by atoms with Crippen molar-refractivity contribution in [1.29, 1.82) is 0 Å². The average Bonchev–Trinajstić information content (AvgIpc) is 2.26. The third kappa shape index (κ3) is 4.19. The van der Waals surface area contributed by atoms with Gasteiger partial charge >= 0.3 is 0 Å². The summed E-state index contributed by atoms with van der Waals surface area (Å²) in [6.45, 7) is 2.25. The van der Waals surface area contributed by atoms with Crippen LogP contribution in [0.25, 0.3) is 0 Å². The molecule has 0 aliphatic carbocycles. The van der Waals surface area contributed by atoms with Crippen LogP contribution in [-0.4, -0.2) is 34.1 Å². The van der Waals surface area contributed by atoms with Crippen molar-refractivity contribution in [2.45, 2.75) is 12.9 Å². The van der Waals surface area contributed by atoms with E-state index in [1.807, 2.05) is 6.92 Å². The second kappa shape index (κ2) is 6.06. The molecule has 0 fully saturated rings. The fourth-order valence-corrected chi connectivity index (χ4v) is 2.24. The predicted octanol–water partition coefficient (Wildman–Crippen LogP) is 1.14. The molecule has 0 spiro atoms. The monoisotopic (exact) mass is 274 g/mol. The van der Waals surface area contributed by atoms with Crippen molar-refractivity contribution in [1.82, 2.24) is 0 Å². The molecule has 18 heavy (non-hydrogen) atoms. The highest BCUT2D eigenvalue weighted by Crippen LogP contribution is 2.30. The molecule has 0 aliphatic rings. The lowest BCUT2D eigenvalue weighted by Gasteiger charge is -2.15. The van der Waals surface area contributed by atoms with Crippen molar-refractivity contribution in [2.24, 2.45) is 5.73 Å². The van der Waals surface area contributed by atoms with Crippen LogP contribution < -0.4 is 15.2 Å². The topological polar surface area (TPSA) is 78.6 Å². The molecule has 2 N–H and O–H groups in total. The second-order valence-electron chi connectivity index (χ2n) is 3.89. The van der Waals surface area contributed by atoms with Crippen LogP contribution in [0, 0.1) is 0 Å². The van der Waals surface area contributed by atoms with Gasteiger partial charge in [-0.3, -0.25) is 0 Å². The van der Waals surface area contributed by atoms with Crippen LogP contribution >= 0.6 is 0 Å². The number of methoxy groups -OCH3 is 1. The third-order valence-corrected chi connectivity index (χ3v) is 3.09. The molecule has 1 atom stereocenters. The van der Waals surface area contributed by atoms with Crippen LogP contribution in [0.15, 0.2) is 18.2 Å². The lowest BCUT2D eigenvalue weighted by Crippen LogP contribution is -2.20. The summed E-state index contributed by atoms with van der Waals surface area (Å²) in [5.41, 5.74) is 6.14. The van der Waals surface area contributed by atoms with Crippen molar-refractivity contribution in [2.75, 3.05) is 25.7 Å². The average molecular weight is 274 g/mol. The fraction of sp³-hybridized carbons (Fsp3) is 0.500. The quantitative estimate of drug-likeness (QED) is 0.841.